The van der Waals surface area contributed by atoms with Crippen LogP contribution in [0.2, 0.25) is 0 Å². The van der Waals surface area contributed by atoms with Crippen LogP contribution in [0, 0.1) is 0 Å². The molecule has 0 aromatic heterocycles. The Kier molecular flexibility index (Phi) is 7.41. The van der Waals surface area contributed by atoms with Crippen LogP contribution in [0.3, 0.4) is 0 Å². The van der Waals surface area contributed by atoms with Crippen molar-refractivity contribution >= 4 is 23.8 Å². The summed E-state index contributed by atoms with van der Waals surface area (Å²) >= 11 is 0. The van der Waals surface area contributed by atoms with E-state index < -0.39 is 0 Å². The highest BCUT2D eigenvalue weighted by Crippen LogP contribution is 2.14. The average molecular weight is 393 g/mol. The minimum atomic E-state index is -0.369. The van der Waals surface area contributed by atoms with Crippen molar-refractivity contribution in [3.63, 3.8) is 0 Å². The highest BCUT2D eigenvalue weighted by molar-refractivity contribution is 5.90. The van der Waals surface area contributed by atoms with Crippen LogP contribution in [0.15, 0.2) is 60.7 Å². The lowest BCUT2D eigenvalue weighted by Gasteiger charge is -2.17. The van der Waals surface area contributed by atoms with Crippen molar-refractivity contribution in [2.45, 2.75) is 25.9 Å². The van der Waals surface area contributed by atoms with E-state index in [4.69, 9.17) is 4.74 Å². The van der Waals surface area contributed by atoms with E-state index >= 15 is 0 Å². The molecule has 2 N–H and O–H groups in total. The number of urea groups is 1. The third kappa shape index (κ3) is 6.76. The van der Waals surface area contributed by atoms with Gasteiger partial charge in [0.2, 0.25) is 0 Å². The number of likely N-dealkylation sites (tertiary alicyclic amines) is 1. The Hall–Kier alpha value is -3.12. The minimum absolute atomic E-state index is 0.144. The van der Waals surface area contributed by atoms with E-state index in [0.29, 0.717) is 12.3 Å². The molecular weight excluding hydrogens is 366 g/mol. The summed E-state index contributed by atoms with van der Waals surface area (Å²) in [6.07, 6.45) is 4.01. The largest absolute Gasteiger partial charge is 0.463 e. The maximum Gasteiger partial charge on any atom is 0.330 e. The van der Waals surface area contributed by atoms with Crippen molar-refractivity contribution in [1.29, 1.82) is 0 Å². The van der Waals surface area contributed by atoms with Crippen LogP contribution >= 0.6 is 0 Å². The van der Waals surface area contributed by atoms with Gasteiger partial charge in [0.05, 0.1) is 6.61 Å². The molecule has 0 radical (unpaired) electrons. The number of hydrogen-bond donors (Lipinski definition) is 2. The quantitative estimate of drug-likeness (QED) is 0.556. The van der Waals surface area contributed by atoms with Gasteiger partial charge < -0.3 is 15.4 Å². The second-order valence-corrected chi connectivity index (χ2v) is 7.01. The Morgan fingerprint density at radius 3 is 2.62 bits per heavy atom. The van der Waals surface area contributed by atoms with E-state index in [1.165, 1.54) is 11.6 Å². The summed E-state index contributed by atoms with van der Waals surface area (Å²) in [6.45, 7) is 4.85. The van der Waals surface area contributed by atoms with Crippen LogP contribution < -0.4 is 10.6 Å². The van der Waals surface area contributed by atoms with Gasteiger partial charge in [-0.05, 0) is 42.7 Å². The van der Waals surface area contributed by atoms with Gasteiger partial charge >= 0.3 is 12.0 Å². The van der Waals surface area contributed by atoms with Crippen molar-refractivity contribution in [3.05, 3.63) is 71.8 Å². The number of ether oxygens (including phenoxy) is 1. The molecule has 1 aliphatic rings. The van der Waals surface area contributed by atoms with E-state index in [2.05, 4.69) is 27.7 Å². The third-order valence-electron chi connectivity index (χ3n) is 4.72. The molecule has 1 fully saturated rings. The number of nitrogens with zero attached hydrogens (tertiary/aromatic N) is 1. The first-order valence-electron chi connectivity index (χ1n) is 9.91. The van der Waals surface area contributed by atoms with Gasteiger partial charge in [-0.1, -0.05) is 42.5 Å². The van der Waals surface area contributed by atoms with Gasteiger partial charge in [0.15, 0.2) is 0 Å². The van der Waals surface area contributed by atoms with E-state index in [-0.39, 0.29) is 18.0 Å². The number of nitrogens with one attached hydrogen (secondary N) is 2. The summed E-state index contributed by atoms with van der Waals surface area (Å²) in [5.41, 5.74) is 2.85. The van der Waals surface area contributed by atoms with Crippen molar-refractivity contribution in [2.75, 3.05) is 25.0 Å². The van der Waals surface area contributed by atoms with Crippen LogP contribution in [0.25, 0.3) is 6.08 Å². The molecule has 2 amide bonds. The molecule has 2 aromatic carbocycles. The Bertz CT molecular complexity index is 834. The van der Waals surface area contributed by atoms with Gasteiger partial charge in [-0.3, -0.25) is 4.90 Å². The SMILES string of the molecule is CCOC(=O)/C=C/c1ccc(NC(=O)NC2CCN(Cc3ccccc3)C2)cc1. The lowest BCUT2D eigenvalue weighted by Crippen LogP contribution is -2.39. The van der Waals surface area contributed by atoms with Crippen LogP contribution in [-0.4, -0.2) is 42.6 Å². The number of rotatable bonds is 7. The molecule has 3 rings (SSSR count). The van der Waals surface area contributed by atoms with Gasteiger partial charge in [-0.25, -0.2) is 9.59 Å². The molecule has 6 heteroatoms. The number of anilines is 1. The molecule has 6 nitrogen and oxygen atoms in total. The fourth-order valence-electron chi connectivity index (χ4n) is 3.32. The number of carbonyl (C=O) groups excluding carboxylic acids is 2. The maximum atomic E-state index is 12.3. The van der Waals surface area contributed by atoms with Crippen LogP contribution in [-0.2, 0) is 16.1 Å². The Labute approximate surface area is 171 Å². The first-order valence-corrected chi connectivity index (χ1v) is 9.91. The molecule has 2 aromatic rings. The van der Waals surface area contributed by atoms with Gasteiger partial charge in [0.25, 0.3) is 0 Å². The highest BCUT2D eigenvalue weighted by Gasteiger charge is 2.23. The Morgan fingerprint density at radius 1 is 1.14 bits per heavy atom. The maximum absolute atomic E-state index is 12.3. The lowest BCUT2D eigenvalue weighted by molar-refractivity contribution is -0.137. The third-order valence-corrected chi connectivity index (χ3v) is 4.72. The lowest BCUT2D eigenvalue weighted by atomic mass is 10.2. The summed E-state index contributed by atoms with van der Waals surface area (Å²) in [4.78, 5) is 26.0. The van der Waals surface area contributed by atoms with Gasteiger partial charge in [-0.15, -0.1) is 0 Å². The number of amides is 2. The molecule has 29 heavy (non-hydrogen) atoms. The molecule has 0 bridgehead atoms. The average Bonchev–Trinajstić information content (AvgIpc) is 3.15. The standard InChI is InChI=1S/C23H27N3O3/c1-2-29-22(27)13-10-18-8-11-20(12-9-18)24-23(28)25-21-14-15-26(17-21)16-19-6-4-3-5-7-19/h3-13,21H,2,14-17H2,1H3,(H2,24,25,28)/b13-10+. The zero-order chi connectivity index (χ0) is 20.5. The fraction of sp³-hybridized carbons (Fsp3) is 0.304. The normalized spacial score (nSPS) is 16.7. The van der Waals surface area contributed by atoms with E-state index in [0.717, 1.165) is 31.6 Å². The second-order valence-electron chi connectivity index (χ2n) is 7.01. The highest BCUT2D eigenvalue weighted by atomic mass is 16.5. The molecule has 1 aliphatic heterocycles. The molecule has 1 heterocycles. The molecule has 1 atom stereocenters. The number of hydrogen-bond acceptors (Lipinski definition) is 4. The van der Waals surface area contributed by atoms with Crippen LogP contribution in [0.5, 0.6) is 0 Å². The summed E-state index contributed by atoms with van der Waals surface area (Å²) in [6, 6.07) is 17.6. The molecule has 1 unspecified atom stereocenters. The topological polar surface area (TPSA) is 70.7 Å². The van der Waals surface area contributed by atoms with Crippen LogP contribution in [0.1, 0.15) is 24.5 Å². The zero-order valence-electron chi connectivity index (χ0n) is 16.6. The van der Waals surface area contributed by atoms with E-state index in [9.17, 15) is 9.59 Å². The smallest absolute Gasteiger partial charge is 0.330 e. The van der Waals surface area contributed by atoms with E-state index in [1.807, 2.05) is 30.3 Å². The summed E-state index contributed by atoms with van der Waals surface area (Å²) in [7, 11) is 0. The molecule has 1 saturated heterocycles. The van der Waals surface area contributed by atoms with Gasteiger partial charge in [0, 0.05) is 37.4 Å². The second kappa shape index (κ2) is 10.4. The van der Waals surface area contributed by atoms with Crippen molar-refractivity contribution in [1.82, 2.24) is 10.2 Å². The molecule has 0 spiro atoms. The predicted octanol–water partition coefficient (Wildman–Crippen LogP) is 3.66. The molecule has 0 aliphatic carbocycles. The van der Waals surface area contributed by atoms with Gasteiger partial charge in [0.1, 0.15) is 0 Å². The zero-order valence-corrected chi connectivity index (χ0v) is 16.6. The summed E-state index contributed by atoms with van der Waals surface area (Å²) in [5, 5.41) is 5.91. The Balaban J connectivity index is 1.43. The van der Waals surface area contributed by atoms with Gasteiger partial charge in [-0.2, -0.15) is 0 Å². The predicted molar refractivity (Wildman–Crippen MR) is 114 cm³/mol. The molecular formula is C23H27N3O3. The first kappa shape index (κ1) is 20.6. The van der Waals surface area contributed by atoms with Crippen molar-refractivity contribution in [2.24, 2.45) is 0 Å². The molecule has 0 saturated carbocycles. The fourth-order valence-corrected chi connectivity index (χ4v) is 3.32. The number of benzene rings is 2. The first-order chi connectivity index (χ1) is 14.1. The summed E-state index contributed by atoms with van der Waals surface area (Å²) < 4.78 is 4.85. The minimum Gasteiger partial charge on any atom is -0.463 e. The van der Waals surface area contributed by atoms with Crippen molar-refractivity contribution in [3.8, 4) is 0 Å². The van der Waals surface area contributed by atoms with Crippen LogP contribution in [0.4, 0.5) is 10.5 Å². The number of esters is 1. The monoisotopic (exact) mass is 393 g/mol. The van der Waals surface area contributed by atoms with E-state index in [1.54, 1.807) is 25.1 Å². The Morgan fingerprint density at radius 2 is 1.90 bits per heavy atom. The van der Waals surface area contributed by atoms with Crippen molar-refractivity contribution < 1.29 is 14.3 Å². The number of carbonyl (C=O) groups is 2. The summed E-state index contributed by atoms with van der Waals surface area (Å²) in [5.74, 6) is -0.369. The molecule has 152 valence electrons.